The number of hydrogen-bond donors (Lipinski definition) is 0. The summed E-state index contributed by atoms with van der Waals surface area (Å²) in [6.07, 6.45) is 0. The number of nitrogens with zero attached hydrogens (tertiary/aromatic N) is 2. The lowest BCUT2D eigenvalue weighted by molar-refractivity contribution is 0.438. The second kappa shape index (κ2) is 6.11. The van der Waals surface area contributed by atoms with Gasteiger partial charge >= 0.3 is 0 Å². The first kappa shape index (κ1) is 8.98. The summed E-state index contributed by atoms with van der Waals surface area (Å²) >= 11 is 1.75. The van der Waals surface area contributed by atoms with Crippen LogP contribution in [0.2, 0.25) is 0 Å². The fourth-order valence-corrected chi connectivity index (χ4v) is 1.09. The van der Waals surface area contributed by atoms with E-state index in [1.54, 1.807) is 18.8 Å². The Morgan fingerprint density at radius 3 is 2.67 bits per heavy atom. The Labute approximate surface area is 61.3 Å². The monoisotopic (exact) mass is 146 g/mol. The number of hydrogen-bond acceptors (Lipinski definition) is 3. The van der Waals surface area contributed by atoms with Gasteiger partial charge in [0.05, 0.1) is 5.55 Å². The summed E-state index contributed by atoms with van der Waals surface area (Å²) in [5.41, 5.74) is 1.88. The molecule has 9 heavy (non-hydrogen) atoms. The molecule has 0 bridgehead atoms. The van der Waals surface area contributed by atoms with E-state index in [2.05, 4.69) is 24.0 Å². The third-order valence-corrected chi connectivity index (χ3v) is 1.61. The second-order valence-corrected chi connectivity index (χ2v) is 2.99. The van der Waals surface area contributed by atoms with Crippen molar-refractivity contribution in [3.63, 3.8) is 0 Å². The van der Waals surface area contributed by atoms with Gasteiger partial charge in [-0.15, -0.1) is 11.8 Å². The molecule has 0 heterocycles. The van der Waals surface area contributed by atoms with Gasteiger partial charge in [0.1, 0.15) is 0 Å². The van der Waals surface area contributed by atoms with E-state index in [9.17, 15) is 0 Å². The normalized spacial score (nSPS) is 11.6. The molecule has 0 radical (unpaired) electrons. The molecule has 0 aromatic rings. The van der Waals surface area contributed by atoms with Crippen molar-refractivity contribution in [1.82, 2.24) is 4.90 Å². The van der Waals surface area contributed by atoms with Crippen molar-refractivity contribution in [2.75, 3.05) is 33.4 Å². The zero-order valence-electron chi connectivity index (χ0n) is 6.29. The summed E-state index contributed by atoms with van der Waals surface area (Å²) < 4.78 is 0. The lowest BCUT2D eigenvalue weighted by Crippen LogP contribution is -2.14. The molecule has 3 heteroatoms. The van der Waals surface area contributed by atoms with Gasteiger partial charge in [-0.3, -0.25) is 4.99 Å². The molecule has 0 aliphatic heterocycles. The van der Waals surface area contributed by atoms with Crippen molar-refractivity contribution in [3.05, 3.63) is 0 Å². The van der Waals surface area contributed by atoms with Crippen LogP contribution in [0.25, 0.3) is 0 Å². The molecule has 0 saturated heterocycles. The third-order valence-electron chi connectivity index (χ3n) is 0.836. The van der Waals surface area contributed by atoms with Crippen LogP contribution in [0, 0.1) is 0 Å². The van der Waals surface area contributed by atoms with Crippen molar-refractivity contribution >= 4 is 17.3 Å². The highest BCUT2D eigenvalue weighted by Gasteiger charge is 1.86. The molecule has 0 fully saturated rings. The Morgan fingerprint density at radius 1 is 1.56 bits per heavy atom. The van der Waals surface area contributed by atoms with Crippen LogP contribution in [0.3, 0.4) is 0 Å². The lowest BCUT2D eigenvalue weighted by Gasteiger charge is -2.05. The topological polar surface area (TPSA) is 15.6 Å². The average Bonchev–Trinajstić information content (AvgIpc) is 1.80. The molecule has 0 N–H and O–H groups in total. The van der Waals surface area contributed by atoms with E-state index >= 15 is 0 Å². The van der Waals surface area contributed by atoms with E-state index in [-0.39, 0.29) is 0 Å². The van der Waals surface area contributed by atoms with E-state index < -0.39 is 0 Å². The lowest BCUT2D eigenvalue weighted by atomic mass is 10.7. The Balaban J connectivity index is 2.91. The van der Waals surface area contributed by atoms with Gasteiger partial charge in [-0.1, -0.05) is 0 Å². The molecule has 0 amide bonds. The van der Waals surface area contributed by atoms with Gasteiger partial charge < -0.3 is 4.90 Å². The van der Waals surface area contributed by atoms with Gasteiger partial charge in [0.2, 0.25) is 0 Å². The van der Waals surface area contributed by atoms with Crippen molar-refractivity contribution in [2.45, 2.75) is 0 Å². The quantitative estimate of drug-likeness (QED) is 0.333. The minimum Gasteiger partial charge on any atom is -0.309 e. The molecule has 0 aliphatic rings. The fraction of sp³-hybridized carbons (Fsp3) is 0.833. The van der Waals surface area contributed by atoms with Crippen LogP contribution in [0.1, 0.15) is 0 Å². The zero-order valence-corrected chi connectivity index (χ0v) is 7.11. The summed E-state index contributed by atoms with van der Waals surface area (Å²) in [4.78, 5) is 6.02. The molecule has 0 aliphatic carbocycles. The maximum Gasteiger partial charge on any atom is 0.0538 e. The van der Waals surface area contributed by atoms with Gasteiger partial charge in [0.25, 0.3) is 0 Å². The predicted octanol–water partition coefficient (Wildman–Crippen LogP) is 0.939. The van der Waals surface area contributed by atoms with E-state index in [1.165, 1.54) is 0 Å². The second-order valence-electron chi connectivity index (χ2n) is 2.04. The third kappa shape index (κ3) is 7.98. The summed E-state index contributed by atoms with van der Waals surface area (Å²) in [5.74, 6) is 1.13. The number of aliphatic imine (C=N–C) groups is 1. The highest BCUT2D eigenvalue weighted by atomic mass is 32.2. The SMILES string of the molecule is CN=CSCCN(C)C. The van der Waals surface area contributed by atoms with Gasteiger partial charge in [0.15, 0.2) is 0 Å². The minimum atomic E-state index is 1.12. The van der Waals surface area contributed by atoms with Crippen LogP contribution in [0.15, 0.2) is 4.99 Å². The van der Waals surface area contributed by atoms with Crippen LogP contribution >= 0.6 is 11.8 Å². The number of thioether (sulfide) groups is 1. The number of rotatable bonds is 4. The van der Waals surface area contributed by atoms with E-state index in [4.69, 9.17) is 0 Å². The minimum absolute atomic E-state index is 1.12. The Morgan fingerprint density at radius 2 is 2.22 bits per heavy atom. The molecule has 0 atom stereocenters. The first-order valence-corrected chi connectivity index (χ1v) is 3.99. The molecule has 0 rings (SSSR count). The van der Waals surface area contributed by atoms with Crippen LogP contribution in [0.4, 0.5) is 0 Å². The highest BCUT2D eigenvalue weighted by molar-refractivity contribution is 8.12. The fourth-order valence-electron chi connectivity index (χ4n) is 0.363. The van der Waals surface area contributed by atoms with E-state index in [0.717, 1.165) is 12.3 Å². The standard InChI is InChI=1S/C6H14N2S/c1-7-6-9-5-4-8(2)3/h6H,4-5H2,1-3H3. The molecular formula is C6H14N2S. The molecule has 0 unspecified atom stereocenters. The summed E-state index contributed by atoms with van der Waals surface area (Å²) in [5, 5.41) is 0. The molecule has 0 aromatic carbocycles. The van der Waals surface area contributed by atoms with Gasteiger partial charge in [-0.25, -0.2) is 0 Å². The van der Waals surface area contributed by atoms with Crippen LogP contribution in [-0.2, 0) is 0 Å². The zero-order chi connectivity index (χ0) is 7.11. The smallest absolute Gasteiger partial charge is 0.0538 e. The van der Waals surface area contributed by atoms with Gasteiger partial charge in [0, 0.05) is 19.3 Å². The summed E-state index contributed by atoms with van der Waals surface area (Å²) in [6, 6.07) is 0. The molecular weight excluding hydrogens is 132 g/mol. The Hall–Kier alpha value is -0.0200. The Bertz CT molecular complexity index is 81.1. The maximum absolute atomic E-state index is 3.85. The average molecular weight is 146 g/mol. The van der Waals surface area contributed by atoms with Crippen LogP contribution in [-0.4, -0.2) is 43.9 Å². The highest BCUT2D eigenvalue weighted by Crippen LogP contribution is 1.93. The van der Waals surface area contributed by atoms with Crippen molar-refractivity contribution < 1.29 is 0 Å². The van der Waals surface area contributed by atoms with E-state index in [1.807, 2.05) is 5.55 Å². The maximum atomic E-state index is 3.85. The summed E-state index contributed by atoms with van der Waals surface area (Å²) in [6.45, 7) is 1.12. The first-order chi connectivity index (χ1) is 4.27. The molecule has 0 aromatic heterocycles. The first-order valence-electron chi connectivity index (χ1n) is 2.94. The molecule has 2 nitrogen and oxygen atoms in total. The van der Waals surface area contributed by atoms with Crippen LogP contribution in [0.5, 0.6) is 0 Å². The van der Waals surface area contributed by atoms with Crippen LogP contribution < -0.4 is 0 Å². The molecule has 0 saturated carbocycles. The van der Waals surface area contributed by atoms with Gasteiger partial charge in [-0.05, 0) is 14.1 Å². The summed E-state index contributed by atoms with van der Waals surface area (Å²) in [7, 11) is 5.94. The largest absolute Gasteiger partial charge is 0.309 e. The van der Waals surface area contributed by atoms with Gasteiger partial charge in [-0.2, -0.15) is 0 Å². The van der Waals surface area contributed by atoms with E-state index in [0.29, 0.717) is 0 Å². The van der Waals surface area contributed by atoms with Crippen molar-refractivity contribution in [2.24, 2.45) is 4.99 Å². The molecule has 54 valence electrons. The van der Waals surface area contributed by atoms with Crippen molar-refractivity contribution in [3.8, 4) is 0 Å². The van der Waals surface area contributed by atoms with Crippen molar-refractivity contribution in [1.29, 1.82) is 0 Å². The predicted molar refractivity (Wildman–Crippen MR) is 45.4 cm³/mol. The molecule has 0 spiro atoms. The Kier molecular flexibility index (Phi) is 6.09.